The molecule has 1 aromatic rings. The number of methoxy groups -OCH3 is 1. The van der Waals surface area contributed by atoms with Crippen molar-refractivity contribution in [2.45, 2.75) is 31.4 Å². The molecule has 0 radical (unpaired) electrons. The number of hydrogen-bond acceptors (Lipinski definition) is 4. The molecule has 2 unspecified atom stereocenters. The first-order valence-electron chi connectivity index (χ1n) is 7.92. The van der Waals surface area contributed by atoms with Crippen molar-refractivity contribution in [3.63, 3.8) is 0 Å². The maximum absolute atomic E-state index is 12.9. The van der Waals surface area contributed by atoms with Crippen LogP contribution in [0.5, 0.6) is 5.75 Å². The van der Waals surface area contributed by atoms with E-state index in [1.54, 1.807) is 7.11 Å². The van der Waals surface area contributed by atoms with Gasteiger partial charge in [0.1, 0.15) is 5.75 Å². The SMILES string of the molecule is COc1ccc(C(=O)N(CC2CCCO2)C2CCSC2)cc1. The van der Waals surface area contributed by atoms with Crippen LogP contribution in [0.4, 0.5) is 0 Å². The van der Waals surface area contributed by atoms with E-state index in [4.69, 9.17) is 9.47 Å². The van der Waals surface area contributed by atoms with Gasteiger partial charge in [0, 0.05) is 30.5 Å². The minimum Gasteiger partial charge on any atom is -0.497 e. The summed E-state index contributed by atoms with van der Waals surface area (Å²) in [4.78, 5) is 15.0. The average Bonchev–Trinajstić information content (AvgIpc) is 3.25. The van der Waals surface area contributed by atoms with Crippen molar-refractivity contribution in [1.29, 1.82) is 0 Å². The Bertz CT molecular complexity index is 493. The molecule has 0 bridgehead atoms. The summed E-state index contributed by atoms with van der Waals surface area (Å²) in [5.74, 6) is 3.07. The monoisotopic (exact) mass is 321 g/mol. The standard InChI is InChI=1S/C17H23NO3S/c1-20-15-6-4-13(5-7-15)17(19)18(14-8-10-22-12-14)11-16-3-2-9-21-16/h4-7,14,16H,2-3,8-12H2,1H3. The van der Waals surface area contributed by atoms with Gasteiger partial charge in [0.25, 0.3) is 5.91 Å². The molecule has 2 saturated heterocycles. The lowest BCUT2D eigenvalue weighted by Gasteiger charge is -2.31. The third-order valence-electron chi connectivity index (χ3n) is 4.37. The molecule has 2 heterocycles. The fourth-order valence-electron chi connectivity index (χ4n) is 3.07. The van der Waals surface area contributed by atoms with Gasteiger partial charge in [0.2, 0.25) is 0 Å². The summed E-state index contributed by atoms with van der Waals surface area (Å²) in [6.45, 7) is 1.55. The van der Waals surface area contributed by atoms with Gasteiger partial charge in [-0.05, 0) is 49.3 Å². The van der Waals surface area contributed by atoms with Gasteiger partial charge >= 0.3 is 0 Å². The predicted octanol–water partition coefficient (Wildman–Crippen LogP) is 2.82. The molecule has 0 N–H and O–H groups in total. The molecule has 120 valence electrons. The second kappa shape index (κ2) is 7.38. The largest absolute Gasteiger partial charge is 0.497 e. The number of thioether (sulfide) groups is 1. The Hall–Kier alpha value is -1.20. The lowest BCUT2D eigenvalue weighted by atomic mass is 10.1. The molecular weight excluding hydrogens is 298 g/mol. The molecule has 0 aliphatic carbocycles. The Balaban J connectivity index is 1.74. The summed E-state index contributed by atoms with van der Waals surface area (Å²) in [7, 11) is 1.64. The van der Waals surface area contributed by atoms with Gasteiger partial charge < -0.3 is 14.4 Å². The first-order chi connectivity index (χ1) is 10.8. The summed E-state index contributed by atoms with van der Waals surface area (Å²) < 4.78 is 10.9. The van der Waals surface area contributed by atoms with E-state index in [2.05, 4.69) is 0 Å². The first-order valence-corrected chi connectivity index (χ1v) is 9.08. The van der Waals surface area contributed by atoms with Crippen LogP contribution in [0.15, 0.2) is 24.3 Å². The summed E-state index contributed by atoms with van der Waals surface area (Å²) in [5, 5.41) is 0. The van der Waals surface area contributed by atoms with Crippen LogP contribution in [0.25, 0.3) is 0 Å². The average molecular weight is 321 g/mol. The van der Waals surface area contributed by atoms with Crippen molar-refractivity contribution in [2.24, 2.45) is 0 Å². The van der Waals surface area contributed by atoms with Crippen LogP contribution >= 0.6 is 11.8 Å². The highest BCUT2D eigenvalue weighted by molar-refractivity contribution is 7.99. The van der Waals surface area contributed by atoms with Crippen LogP contribution in [0, 0.1) is 0 Å². The minimum atomic E-state index is 0.116. The molecule has 22 heavy (non-hydrogen) atoms. The zero-order valence-electron chi connectivity index (χ0n) is 13.0. The Kier molecular flexibility index (Phi) is 5.26. The molecule has 3 rings (SSSR count). The zero-order valence-corrected chi connectivity index (χ0v) is 13.8. The van der Waals surface area contributed by atoms with Crippen LogP contribution in [-0.2, 0) is 4.74 Å². The molecule has 2 fully saturated rings. The summed E-state index contributed by atoms with van der Waals surface area (Å²) in [6.07, 6.45) is 3.45. The van der Waals surface area contributed by atoms with Crippen molar-refractivity contribution in [3.05, 3.63) is 29.8 Å². The molecule has 5 heteroatoms. The first kappa shape index (κ1) is 15.7. The highest BCUT2D eigenvalue weighted by Crippen LogP contribution is 2.26. The van der Waals surface area contributed by atoms with Crippen LogP contribution in [0.2, 0.25) is 0 Å². The van der Waals surface area contributed by atoms with E-state index in [1.807, 2.05) is 40.9 Å². The number of amides is 1. The van der Waals surface area contributed by atoms with Crippen LogP contribution in [0.1, 0.15) is 29.6 Å². The smallest absolute Gasteiger partial charge is 0.254 e. The summed E-state index contributed by atoms with van der Waals surface area (Å²) >= 11 is 1.93. The number of hydrogen-bond donors (Lipinski definition) is 0. The van der Waals surface area contributed by atoms with Gasteiger partial charge in [0.15, 0.2) is 0 Å². The van der Waals surface area contributed by atoms with Gasteiger partial charge in [-0.3, -0.25) is 4.79 Å². The molecule has 2 aliphatic rings. The Morgan fingerprint density at radius 2 is 2.18 bits per heavy atom. The molecule has 1 aromatic carbocycles. The van der Waals surface area contributed by atoms with E-state index < -0.39 is 0 Å². The number of carbonyl (C=O) groups is 1. The summed E-state index contributed by atoms with van der Waals surface area (Å²) in [6, 6.07) is 7.74. The van der Waals surface area contributed by atoms with E-state index in [-0.39, 0.29) is 12.0 Å². The van der Waals surface area contributed by atoms with E-state index in [0.29, 0.717) is 6.04 Å². The zero-order chi connectivity index (χ0) is 15.4. The molecule has 0 saturated carbocycles. The molecule has 0 spiro atoms. The van der Waals surface area contributed by atoms with Gasteiger partial charge in [-0.2, -0.15) is 11.8 Å². The van der Waals surface area contributed by atoms with Crippen molar-refractivity contribution in [2.75, 3.05) is 31.8 Å². The highest BCUT2D eigenvalue weighted by atomic mass is 32.2. The molecule has 0 aromatic heterocycles. The summed E-state index contributed by atoms with van der Waals surface area (Å²) in [5.41, 5.74) is 0.732. The second-order valence-corrected chi connectivity index (χ2v) is 6.99. The van der Waals surface area contributed by atoms with Crippen LogP contribution in [0.3, 0.4) is 0 Å². The Morgan fingerprint density at radius 1 is 1.36 bits per heavy atom. The lowest BCUT2D eigenvalue weighted by Crippen LogP contribution is -2.44. The quantitative estimate of drug-likeness (QED) is 0.836. The number of ether oxygens (including phenoxy) is 2. The van der Waals surface area contributed by atoms with Gasteiger partial charge in [-0.15, -0.1) is 0 Å². The van der Waals surface area contributed by atoms with Crippen molar-refractivity contribution in [3.8, 4) is 5.75 Å². The van der Waals surface area contributed by atoms with Crippen LogP contribution in [-0.4, -0.2) is 54.7 Å². The van der Waals surface area contributed by atoms with Crippen molar-refractivity contribution < 1.29 is 14.3 Å². The number of rotatable bonds is 5. The fraction of sp³-hybridized carbons (Fsp3) is 0.588. The fourth-order valence-corrected chi connectivity index (χ4v) is 4.30. The molecule has 1 amide bonds. The molecule has 2 aliphatic heterocycles. The predicted molar refractivity (Wildman–Crippen MR) is 88.7 cm³/mol. The topological polar surface area (TPSA) is 38.8 Å². The van der Waals surface area contributed by atoms with Crippen molar-refractivity contribution in [1.82, 2.24) is 4.90 Å². The Labute approximate surface area is 136 Å². The second-order valence-electron chi connectivity index (χ2n) is 5.84. The van der Waals surface area contributed by atoms with E-state index in [0.717, 1.165) is 55.2 Å². The Morgan fingerprint density at radius 3 is 2.77 bits per heavy atom. The van der Waals surface area contributed by atoms with E-state index >= 15 is 0 Å². The van der Waals surface area contributed by atoms with E-state index in [9.17, 15) is 4.79 Å². The van der Waals surface area contributed by atoms with Gasteiger partial charge in [0.05, 0.1) is 13.2 Å². The number of nitrogens with zero attached hydrogens (tertiary/aromatic N) is 1. The maximum Gasteiger partial charge on any atom is 0.254 e. The van der Waals surface area contributed by atoms with Gasteiger partial charge in [-0.25, -0.2) is 0 Å². The highest BCUT2D eigenvalue weighted by Gasteiger charge is 2.31. The number of benzene rings is 1. The molecular formula is C17H23NO3S. The normalized spacial score (nSPS) is 24.4. The van der Waals surface area contributed by atoms with Crippen molar-refractivity contribution >= 4 is 17.7 Å². The maximum atomic E-state index is 12.9. The minimum absolute atomic E-state index is 0.116. The number of carbonyl (C=O) groups excluding carboxylic acids is 1. The van der Waals surface area contributed by atoms with Gasteiger partial charge in [-0.1, -0.05) is 0 Å². The lowest BCUT2D eigenvalue weighted by molar-refractivity contribution is 0.0442. The molecule has 4 nitrogen and oxygen atoms in total. The molecule has 2 atom stereocenters. The van der Waals surface area contributed by atoms with Crippen LogP contribution < -0.4 is 4.74 Å². The third kappa shape index (κ3) is 3.58. The third-order valence-corrected chi connectivity index (χ3v) is 5.51. The van der Waals surface area contributed by atoms with E-state index in [1.165, 1.54) is 0 Å².